The van der Waals surface area contributed by atoms with Crippen LogP contribution in [-0.4, -0.2) is 41.0 Å². The molecule has 1 aromatic heterocycles. The molecule has 0 bridgehead atoms. The Kier molecular flexibility index (Phi) is 7.30. The molecule has 4 N–H and O–H groups in total. The molecule has 0 spiro atoms. The zero-order valence-electron chi connectivity index (χ0n) is 19.6. The van der Waals surface area contributed by atoms with Gasteiger partial charge in [-0.25, -0.2) is 10.2 Å². The van der Waals surface area contributed by atoms with Gasteiger partial charge in [-0.05, 0) is 34.4 Å². The van der Waals surface area contributed by atoms with E-state index in [1.54, 1.807) is 6.07 Å². The molecule has 35 heavy (non-hydrogen) atoms. The number of alkyl carbamates (subject to hydrolysis) is 1. The number of aromatic nitrogens is 1. The Bertz CT molecular complexity index is 1380. The topological polar surface area (TPSA) is 116 Å². The van der Waals surface area contributed by atoms with E-state index in [0.29, 0.717) is 5.56 Å². The maximum absolute atomic E-state index is 13.1. The van der Waals surface area contributed by atoms with Gasteiger partial charge in [-0.15, -0.1) is 0 Å². The molecule has 0 saturated carbocycles. The summed E-state index contributed by atoms with van der Waals surface area (Å²) in [6.07, 6.45) is 2.79. The third-order valence-corrected chi connectivity index (χ3v) is 5.57. The van der Waals surface area contributed by atoms with Gasteiger partial charge in [-0.2, -0.15) is 5.10 Å². The number of carbonyl (C=O) groups is 2. The molecule has 4 rings (SSSR count). The minimum absolute atomic E-state index is 0.0485. The summed E-state index contributed by atoms with van der Waals surface area (Å²) in [5.74, 6) is -0.292. The van der Waals surface area contributed by atoms with E-state index in [1.165, 1.54) is 6.21 Å². The van der Waals surface area contributed by atoms with Gasteiger partial charge in [-0.3, -0.25) is 4.79 Å². The van der Waals surface area contributed by atoms with Crippen LogP contribution in [0.2, 0.25) is 0 Å². The van der Waals surface area contributed by atoms with Gasteiger partial charge in [-0.1, -0.05) is 62.4 Å². The van der Waals surface area contributed by atoms with E-state index in [-0.39, 0.29) is 24.7 Å². The van der Waals surface area contributed by atoms with Crippen molar-refractivity contribution in [1.29, 1.82) is 0 Å². The highest BCUT2D eigenvalue weighted by Crippen LogP contribution is 2.25. The van der Waals surface area contributed by atoms with E-state index >= 15 is 0 Å². The molecule has 0 unspecified atom stereocenters. The number of hydrogen-bond donors (Lipinski definition) is 4. The first-order valence-corrected chi connectivity index (χ1v) is 11.4. The van der Waals surface area contributed by atoms with Crippen molar-refractivity contribution in [2.24, 2.45) is 11.0 Å². The lowest BCUT2D eigenvalue weighted by atomic mass is 10.0. The van der Waals surface area contributed by atoms with Gasteiger partial charge >= 0.3 is 6.09 Å². The minimum Gasteiger partial charge on any atom is -0.507 e. The van der Waals surface area contributed by atoms with E-state index in [4.69, 9.17) is 4.74 Å². The van der Waals surface area contributed by atoms with Gasteiger partial charge in [0.15, 0.2) is 0 Å². The molecule has 0 saturated heterocycles. The van der Waals surface area contributed by atoms with Gasteiger partial charge in [0.25, 0.3) is 5.91 Å². The predicted molar refractivity (Wildman–Crippen MR) is 136 cm³/mol. The molecule has 0 aliphatic heterocycles. The van der Waals surface area contributed by atoms with Gasteiger partial charge in [0.2, 0.25) is 0 Å². The summed E-state index contributed by atoms with van der Waals surface area (Å²) in [5, 5.41) is 19.7. The van der Waals surface area contributed by atoms with Crippen LogP contribution in [0.3, 0.4) is 0 Å². The van der Waals surface area contributed by atoms with Crippen molar-refractivity contribution in [2.45, 2.75) is 26.3 Å². The number of aromatic hydroxyl groups is 1. The number of phenols is 1. The molecule has 1 atom stereocenters. The SMILES string of the molecule is CC(C)COC(=O)N[C@@H](Cc1c[nH]c2ccccc12)C(=O)N/N=C\c1c(O)ccc2ccccc12. The van der Waals surface area contributed by atoms with Crippen molar-refractivity contribution >= 4 is 39.9 Å². The lowest BCUT2D eigenvalue weighted by Crippen LogP contribution is -2.47. The molecule has 1 heterocycles. The molecule has 180 valence electrons. The number of aromatic amines is 1. The molecule has 8 heteroatoms. The Hall–Kier alpha value is -4.33. The third kappa shape index (κ3) is 5.78. The highest BCUT2D eigenvalue weighted by molar-refractivity contribution is 6.02. The number of nitrogens with one attached hydrogen (secondary N) is 3. The van der Waals surface area contributed by atoms with Crippen molar-refractivity contribution in [3.05, 3.63) is 78.0 Å². The van der Waals surface area contributed by atoms with Crippen molar-refractivity contribution in [2.75, 3.05) is 6.61 Å². The van der Waals surface area contributed by atoms with Crippen LogP contribution < -0.4 is 10.7 Å². The standard InChI is InChI=1S/C27H28N4O4/c1-17(2)16-35-27(34)30-24(13-19-14-28-23-10-6-5-9-21(19)23)26(33)31-29-15-22-20-8-4-3-7-18(20)11-12-25(22)32/h3-12,14-15,17,24,28,32H,13,16H2,1-2H3,(H,30,34)(H,31,33)/b29-15-/t24-/m0/s1. The fourth-order valence-electron chi connectivity index (χ4n) is 3.81. The second kappa shape index (κ2) is 10.7. The average Bonchev–Trinajstić information content (AvgIpc) is 3.26. The number of H-pyrrole nitrogens is 1. The fraction of sp³-hybridized carbons (Fsp3) is 0.222. The number of para-hydroxylation sites is 1. The van der Waals surface area contributed by atoms with Gasteiger partial charge < -0.3 is 20.1 Å². The van der Waals surface area contributed by atoms with E-state index in [1.807, 2.05) is 74.6 Å². The highest BCUT2D eigenvalue weighted by Gasteiger charge is 2.23. The summed E-state index contributed by atoms with van der Waals surface area (Å²) in [6.45, 7) is 4.10. The summed E-state index contributed by atoms with van der Waals surface area (Å²) in [7, 11) is 0. The summed E-state index contributed by atoms with van der Waals surface area (Å²) in [4.78, 5) is 28.6. The average molecular weight is 473 g/mol. The van der Waals surface area contributed by atoms with Gasteiger partial charge in [0.1, 0.15) is 11.8 Å². The van der Waals surface area contributed by atoms with Crippen molar-refractivity contribution in [3.63, 3.8) is 0 Å². The Morgan fingerprint density at radius 2 is 1.80 bits per heavy atom. The number of carbonyl (C=O) groups excluding carboxylic acids is 2. The predicted octanol–water partition coefficient (Wildman–Crippen LogP) is 4.47. The summed E-state index contributed by atoms with van der Waals surface area (Å²) < 4.78 is 5.22. The fourth-order valence-corrected chi connectivity index (χ4v) is 3.81. The number of phenolic OH excluding ortho intramolecular Hbond substituents is 1. The van der Waals surface area contributed by atoms with Crippen LogP contribution in [0.25, 0.3) is 21.7 Å². The largest absolute Gasteiger partial charge is 0.507 e. The Morgan fingerprint density at radius 3 is 2.60 bits per heavy atom. The number of amides is 2. The van der Waals surface area contributed by atoms with Crippen LogP contribution in [0.1, 0.15) is 25.0 Å². The van der Waals surface area contributed by atoms with Crippen molar-refractivity contribution in [3.8, 4) is 5.75 Å². The van der Waals surface area contributed by atoms with Crippen LogP contribution >= 0.6 is 0 Å². The normalized spacial score (nSPS) is 12.3. The van der Waals surface area contributed by atoms with Gasteiger partial charge in [0, 0.05) is 29.1 Å². The number of rotatable bonds is 8. The summed E-state index contributed by atoms with van der Waals surface area (Å²) >= 11 is 0. The molecule has 0 aliphatic rings. The number of fused-ring (bicyclic) bond motifs is 2. The van der Waals surface area contributed by atoms with Crippen LogP contribution in [0.5, 0.6) is 5.75 Å². The molecular weight excluding hydrogens is 444 g/mol. The van der Waals surface area contributed by atoms with Crippen LogP contribution in [-0.2, 0) is 16.0 Å². The molecule has 4 aromatic rings. The highest BCUT2D eigenvalue weighted by atomic mass is 16.5. The zero-order valence-corrected chi connectivity index (χ0v) is 19.6. The molecule has 8 nitrogen and oxygen atoms in total. The Balaban J connectivity index is 1.53. The van der Waals surface area contributed by atoms with E-state index in [9.17, 15) is 14.7 Å². The van der Waals surface area contributed by atoms with E-state index in [2.05, 4.69) is 20.8 Å². The Labute approximate surface area is 203 Å². The molecule has 0 aliphatic carbocycles. The first-order chi connectivity index (χ1) is 16.9. The van der Waals surface area contributed by atoms with Gasteiger partial charge in [0.05, 0.1) is 12.8 Å². The number of hydrazone groups is 1. The number of benzene rings is 3. The second-order valence-electron chi connectivity index (χ2n) is 8.71. The molecule has 0 fully saturated rings. The summed E-state index contributed by atoms with van der Waals surface area (Å²) in [6, 6.07) is 17.8. The molecule has 0 radical (unpaired) electrons. The minimum atomic E-state index is -0.924. The third-order valence-electron chi connectivity index (χ3n) is 5.57. The molecule has 3 aromatic carbocycles. The lowest BCUT2D eigenvalue weighted by Gasteiger charge is -2.17. The summed E-state index contributed by atoms with van der Waals surface area (Å²) in [5.41, 5.74) is 4.79. The van der Waals surface area contributed by atoms with Crippen LogP contribution in [0.15, 0.2) is 72.0 Å². The molecular formula is C27H28N4O4. The van der Waals surface area contributed by atoms with E-state index in [0.717, 1.165) is 27.2 Å². The van der Waals surface area contributed by atoms with Crippen molar-refractivity contribution < 1.29 is 19.4 Å². The van der Waals surface area contributed by atoms with Crippen LogP contribution in [0, 0.1) is 5.92 Å². The number of hydrogen-bond acceptors (Lipinski definition) is 5. The molecule has 2 amide bonds. The first-order valence-electron chi connectivity index (χ1n) is 11.4. The Morgan fingerprint density at radius 1 is 1.06 bits per heavy atom. The van der Waals surface area contributed by atoms with Crippen LogP contribution in [0.4, 0.5) is 4.79 Å². The second-order valence-corrected chi connectivity index (χ2v) is 8.71. The monoisotopic (exact) mass is 472 g/mol. The smallest absolute Gasteiger partial charge is 0.407 e. The first kappa shape index (κ1) is 23.8. The lowest BCUT2D eigenvalue weighted by molar-refractivity contribution is -0.123. The maximum Gasteiger partial charge on any atom is 0.407 e. The quantitative estimate of drug-likeness (QED) is 0.224. The van der Waals surface area contributed by atoms with E-state index < -0.39 is 18.0 Å². The zero-order chi connectivity index (χ0) is 24.8. The van der Waals surface area contributed by atoms with Crippen molar-refractivity contribution in [1.82, 2.24) is 15.7 Å². The maximum atomic E-state index is 13.1. The number of nitrogens with zero attached hydrogens (tertiary/aromatic N) is 1. The number of ether oxygens (including phenoxy) is 1.